The number of rotatable bonds is 1. The molecule has 20 heavy (non-hydrogen) atoms. The third kappa shape index (κ3) is 4.44. The zero-order valence-electron chi connectivity index (χ0n) is 11.1. The van der Waals surface area contributed by atoms with E-state index in [4.69, 9.17) is 10.2 Å². The fraction of sp³-hybridized carbons (Fsp3) is 0.143. The number of benzene rings is 1. The van der Waals surface area contributed by atoms with E-state index in [1.807, 2.05) is 24.3 Å². The second-order valence-electron chi connectivity index (χ2n) is 3.19. The van der Waals surface area contributed by atoms with Gasteiger partial charge in [-0.05, 0) is 29.2 Å². The Hall–Kier alpha value is -1.17. The molecule has 0 amide bonds. The number of aromatic nitrogens is 2. The summed E-state index contributed by atoms with van der Waals surface area (Å²) in [7, 11) is 2.00. The van der Waals surface area contributed by atoms with E-state index in [1.165, 1.54) is 21.6 Å². The Kier molecular flexibility index (Phi) is 9.98. The Balaban J connectivity index is 0.000000667. The van der Waals surface area contributed by atoms with Crippen molar-refractivity contribution >= 4 is 21.6 Å². The first-order valence-corrected chi connectivity index (χ1v) is 6.29. The second kappa shape index (κ2) is 10.6. The van der Waals surface area contributed by atoms with Gasteiger partial charge in [-0.1, -0.05) is 24.4 Å². The van der Waals surface area contributed by atoms with Gasteiger partial charge in [0.1, 0.15) is 0 Å². The van der Waals surface area contributed by atoms with Crippen LogP contribution in [0.1, 0.15) is 0 Å². The van der Waals surface area contributed by atoms with Gasteiger partial charge in [0.15, 0.2) is 0 Å². The van der Waals surface area contributed by atoms with Crippen molar-refractivity contribution in [1.82, 2.24) is 9.36 Å². The van der Waals surface area contributed by atoms with E-state index in [-0.39, 0.29) is 20.1 Å². The van der Waals surface area contributed by atoms with Crippen molar-refractivity contribution in [2.24, 2.45) is 0 Å². The summed E-state index contributed by atoms with van der Waals surface area (Å²) in [5.74, 6) is 0. The molecule has 3 aromatic rings. The molecule has 2 N–H and O–H groups in total. The van der Waals surface area contributed by atoms with Crippen LogP contribution in [0, 0.1) is 6.20 Å². The summed E-state index contributed by atoms with van der Waals surface area (Å²) in [5, 5.41) is 15.2. The van der Waals surface area contributed by atoms with E-state index >= 15 is 0 Å². The summed E-state index contributed by atoms with van der Waals surface area (Å²) in [6.07, 6.45) is 4.68. The number of aliphatic hydroxyl groups excluding tert-OH is 2. The summed E-state index contributed by atoms with van der Waals surface area (Å²) < 4.78 is 5.63. The van der Waals surface area contributed by atoms with Gasteiger partial charge in [0.05, 0.1) is 0 Å². The summed E-state index contributed by atoms with van der Waals surface area (Å²) in [6.45, 7) is 0. The fourth-order valence-electron chi connectivity index (χ4n) is 1.54. The standard InChI is InChI=1S/C12H7N2S.2CH4O.Ir/c1-2-6-11-10(5-1)12(14-15-11)9-4-3-7-13-8-9;2*1-2;/h1-7H;2*2H,1H3;/q-1;;;. The minimum atomic E-state index is 0. The number of fused-ring (bicyclic) bond motifs is 1. The van der Waals surface area contributed by atoms with E-state index in [0.717, 1.165) is 25.5 Å². The van der Waals surface area contributed by atoms with Crippen LogP contribution in [0.2, 0.25) is 0 Å². The SMILES string of the molecule is CO.CO.[Ir].[c-]1ncccc1-c1nsc2ccccc12. The van der Waals surface area contributed by atoms with Gasteiger partial charge in [-0.25, -0.2) is 4.37 Å². The maximum absolute atomic E-state index is 7.00. The molecule has 0 saturated heterocycles. The van der Waals surface area contributed by atoms with Crippen LogP contribution in [-0.4, -0.2) is 33.8 Å². The number of hydrogen-bond acceptors (Lipinski definition) is 5. The molecule has 0 spiro atoms. The maximum Gasteiger partial charge on any atom is 0.0454 e. The van der Waals surface area contributed by atoms with Crippen molar-refractivity contribution in [2.45, 2.75) is 0 Å². The molecule has 0 atom stereocenters. The van der Waals surface area contributed by atoms with Crippen LogP contribution in [-0.2, 0) is 20.1 Å². The monoisotopic (exact) mass is 468 g/mol. The average molecular weight is 468 g/mol. The third-order valence-corrected chi connectivity index (χ3v) is 3.07. The first kappa shape index (κ1) is 18.8. The Labute approximate surface area is 135 Å². The molecule has 1 radical (unpaired) electrons. The molecule has 6 heteroatoms. The molecule has 2 heterocycles. The fourth-order valence-corrected chi connectivity index (χ4v) is 2.33. The van der Waals surface area contributed by atoms with Crippen LogP contribution in [0.5, 0.6) is 0 Å². The topological polar surface area (TPSA) is 66.2 Å². The van der Waals surface area contributed by atoms with E-state index in [9.17, 15) is 0 Å². The van der Waals surface area contributed by atoms with Gasteiger partial charge in [0.25, 0.3) is 0 Å². The predicted molar refractivity (Wildman–Crippen MR) is 78.0 cm³/mol. The van der Waals surface area contributed by atoms with Gasteiger partial charge in [-0.15, -0.1) is 17.7 Å². The normalized spacial score (nSPS) is 8.60. The van der Waals surface area contributed by atoms with E-state index in [0.29, 0.717) is 0 Å². The van der Waals surface area contributed by atoms with E-state index in [2.05, 4.69) is 27.7 Å². The Bertz CT molecular complexity index is 602. The summed E-state index contributed by atoms with van der Waals surface area (Å²) >= 11 is 1.51. The summed E-state index contributed by atoms with van der Waals surface area (Å²) in [6, 6.07) is 12.1. The van der Waals surface area contributed by atoms with Gasteiger partial charge in [-0.3, -0.25) is 0 Å². The van der Waals surface area contributed by atoms with Crippen molar-refractivity contribution in [1.29, 1.82) is 0 Å². The first-order valence-electron chi connectivity index (χ1n) is 5.52. The molecular formula is C14H15IrN2O2S-. The van der Waals surface area contributed by atoms with Crippen LogP contribution in [0.3, 0.4) is 0 Å². The molecule has 0 bridgehead atoms. The quantitative estimate of drug-likeness (QED) is 0.540. The van der Waals surface area contributed by atoms with Crippen molar-refractivity contribution in [2.75, 3.05) is 14.2 Å². The average Bonchev–Trinajstić information content (AvgIpc) is 2.96. The molecule has 2 aromatic heterocycles. The molecule has 0 saturated carbocycles. The molecule has 0 aliphatic rings. The second-order valence-corrected chi connectivity index (χ2v) is 4.00. The number of hydrogen-bond donors (Lipinski definition) is 2. The number of aliphatic hydroxyl groups is 2. The van der Waals surface area contributed by atoms with E-state index < -0.39 is 0 Å². The molecule has 109 valence electrons. The van der Waals surface area contributed by atoms with E-state index in [1.54, 1.807) is 6.20 Å². The predicted octanol–water partition coefficient (Wildman–Crippen LogP) is 2.37. The van der Waals surface area contributed by atoms with Crippen LogP contribution in [0.25, 0.3) is 21.3 Å². The van der Waals surface area contributed by atoms with Crippen LogP contribution >= 0.6 is 11.5 Å². The number of pyridine rings is 1. The summed E-state index contributed by atoms with van der Waals surface area (Å²) in [4.78, 5) is 3.99. The molecule has 1 aromatic carbocycles. The Morgan fingerprint density at radius 2 is 1.70 bits per heavy atom. The smallest absolute Gasteiger partial charge is 0.0454 e. The van der Waals surface area contributed by atoms with Gasteiger partial charge in [-0.2, -0.15) is 0 Å². The van der Waals surface area contributed by atoms with Crippen molar-refractivity contribution in [3.8, 4) is 11.3 Å². The van der Waals surface area contributed by atoms with Gasteiger partial charge >= 0.3 is 0 Å². The molecule has 0 fully saturated rings. The Morgan fingerprint density at radius 1 is 1.00 bits per heavy atom. The molecule has 0 aliphatic carbocycles. The van der Waals surface area contributed by atoms with Gasteiger partial charge in [0, 0.05) is 44.7 Å². The third-order valence-electron chi connectivity index (χ3n) is 2.24. The number of nitrogens with zero attached hydrogens (tertiary/aromatic N) is 2. The minimum Gasteiger partial charge on any atom is -0.400 e. The molecule has 0 aliphatic heterocycles. The van der Waals surface area contributed by atoms with Crippen LogP contribution < -0.4 is 0 Å². The summed E-state index contributed by atoms with van der Waals surface area (Å²) in [5.41, 5.74) is 1.93. The van der Waals surface area contributed by atoms with Crippen molar-refractivity contribution in [3.05, 3.63) is 48.8 Å². The van der Waals surface area contributed by atoms with Gasteiger partial charge in [0.2, 0.25) is 0 Å². The van der Waals surface area contributed by atoms with Crippen LogP contribution in [0.15, 0.2) is 42.6 Å². The van der Waals surface area contributed by atoms with Gasteiger partial charge < -0.3 is 15.2 Å². The first-order chi connectivity index (χ1) is 9.45. The minimum absolute atomic E-state index is 0. The largest absolute Gasteiger partial charge is 0.400 e. The molecular weight excluding hydrogens is 452 g/mol. The Morgan fingerprint density at radius 3 is 2.35 bits per heavy atom. The molecule has 0 unspecified atom stereocenters. The van der Waals surface area contributed by atoms with Crippen LogP contribution in [0.4, 0.5) is 0 Å². The maximum atomic E-state index is 7.00. The zero-order valence-corrected chi connectivity index (χ0v) is 14.3. The van der Waals surface area contributed by atoms with Crippen molar-refractivity contribution < 1.29 is 30.3 Å². The molecule has 4 nitrogen and oxygen atoms in total. The van der Waals surface area contributed by atoms with Crippen molar-refractivity contribution in [3.63, 3.8) is 0 Å². The molecule has 3 rings (SSSR count). The zero-order chi connectivity index (χ0) is 14.1.